The number of rotatable bonds is 5. The van der Waals surface area contributed by atoms with Gasteiger partial charge >= 0.3 is 0 Å². The summed E-state index contributed by atoms with van der Waals surface area (Å²) in [5.74, 6) is 0.276. The van der Waals surface area contributed by atoms with E-state index >= 15 is 0 Å². The second-order valence-electron chi connectivity index (χ2n) is 7.45. The predicted octanol–water partition coefficient (Wildman–Crippen LogP) is 5.79. The number of carbonyl (C=O) groups excluding carboxylic acids is 1. The van der Waals surface area contributed by atoms with E-state index in [1.54, 1.807) is 36.4 Å². The monoisotopic (exact) mass is 484 g/mol. The fourth-order valence-electron chi connectivity index (χ4n) is 3.42. The molecule has 2 N–H and O–H groups in total. The van der Waals surface area contributed by atoms with E-state index in [1.807, 2.05) is 30.3 Å². The van der Waals surface area contributed by atoms with Crippen molar-refractivity contribution in [2.45, 2.75) is 0 Å². The minimum absolute atomic E-state index is 0.00936. The van der Waals surface area contributed by atoms with Crippen LogP contribution in [0.5, 0.6) is 0 Å². The lowest BCUT2D eigenvalue weighted by molar-refractivity contribution is -0.384. The third kappa shape index (κ3) is 4.77. The van der Waals surface area contributed by atoms with Crippen LogP contribution in [0.15, 0.2) is 93.8 Å². The van der Waals surface area contributed by atoms with E-state index in [-0.39, 0.29) is 16.6 Å². The minimum atomic E-state index is -0.562. The molecule has 9 nitrogen and oxygen atoms in total. The lowest BCUT2D eigenvalue weighted by Gasteiger charge is -2.08. The number of amides is 1. The van der Waals surface area contributed by atoms with Crippen LogP contribution in [0.4, 0.5) is 11.4 Å². The molecule has 0 bridgehead atoms. The van der Waals surface area contributed by atoms with Gasteiger partial charge in [0.1, 0.15) is 11.3 Å². The van der Waals surface area contributed by atoms with Crippen LogP contribution in [-0.2, 0) is 0 Å². The Labute approximate surface area is 203 Å². The maximum absolute atomic E-state index is 12.6. The van der Waals surface area contributed by atoms with Crippen molar-refractivity contribution in [3.05, 3.63) is 101 Å². The third-order valence-corrected chi connectivity index (χ3v) is 5.27. The Morgan fingerprint density at radius 2 is 1.71 bits per heavy atom. The molecule has 2 aromatic heterocycles. The Hall–Kier alpha value is -4.83. The third-order valence-electron chi connectivity index (χ3n) is 5.06. The van der Waals surface area contributed by atoms with Gasteiger partial charge in [-0.25, -0.2) is 4.98 Å². The number of thiocarbonyl (C=S) groups is 1. The number of nitro groups is 1. The van der Waals surface area contributed by atoms with E-state index in [2.05, 4.69) is 15.6 Å². The molecular weight excluding hydrogens is 468 g/mol. The number of aromatic nitrogens is 1. The summed E-state index contributed by atoms with van der Waals surface area (Å²) in [6, 6.07) is 23.8. The first-order valence-corrected chi connectivity index (χ1v) is 10.8. The standard InChI is InChI=1S/C25H16N4O5S/c30-23(22-12-11-20(33-22)16-7-4-8-18(13-16)29(31)32)28-25(35)26-17-9-10-21-19(14-17)27-24(34-21)15-5-2-1-3-6-15/h1-14H,(H2,26,28,30,35). The molecule has 0 fully saturated rings. The number of benzene rings is 3. The fraction of sp³-hybridized carbons (Fsp3) is 0. The van der Waals surface area contributed by atoms with Crippen LogP contribution >= 0.6 is 12.2 Å². The summed E-state index contributed by atoms with van der Waals surface area (Å²) in [6.45, 7) is 0. The molecule has 0 atom stereocenters. The van der Waals surface area contributed by atoms with Gasteiger partial charge in [0.2, 0.25) is 5.89 Å². The Balaban J connectivity index is 1.26. The summed E-state index contributed by atoms with van der Waals surface area (Å²) in [6.07, 6.45) is 0. The van der Waals surface area contributed by atoms with Gasteiger partial charge in [-0.1, -0.05) is 30.3 Å². The van der Waals surface area contributed by atoms with E-state index in [0.717, 1.165) is 5.56 Å². The average molecular weight is 484 g/mol. The van der Waals surface area contributed by atoms with Crippen LogP contribution in [0.25, 0.3) is 33.9 Å². The van der Waals surface area contributed by atoms with Gasteiger partial charge in [0.25, 0.3) is 11.6 Å². The van der Waals surface area contributed by atoms with Crippen LogP contribution in [0, 0.1) is 10.1 Å². The molecule has 2 heterocycles. The van der Waals surface area contributed by atoms with Crippen molar-refractivity contribution in [1.29, 1.82) is 0 Å². The van der Waals surface area contributed by atoms with E-state index < -0.39 is 10.8 Å². The molecule has 0 spiro atoms. The zero-order chi connectivity index (χ0) is 24.4. The van der Waals surface area contributed by atoms with Gasteiger partial charge < -0.3 is 14.2 Å². The molecule has 0 aliphatic heterocycles. The molecule has 0 aliphatic carbocycles. The summed E-state index contributed by atoms with van der Waals surface area (Å²) in [7, 11) is 0. The first-order chi connectivity index (χ1) is 17.0. The molecule has 5 rings (SSSR count). The van der Waals surface area contributed by atoms with Crippen molar-refractivity contribution in [2.24, 2.45) is 0 Å². The molecule has 0 unspecified atom stereocenters. The second kappa shape index (κ2) is 9.20. The highest BCUT2D eigenvalue weighted by Gasteiger charge is 2.16. The van der Waals surface area contributed by atoms with Gasteiger partial charge in [0, 0.05) is 28.9 Å². The van der Waals surface area contributed by atoms with Gasteiger partial charge in [-0.2, -0.15) is 0 Å². The SMILES string of the molecule is O=C(NC(=S)Nc1ccc2oc(-c3ccccc3)nc2c1)c1ccc(-c2cccc([N+](=O)[O-])c2)o1. The molecule has 0 saturated carbocycles. The van der Waals surface area contributed by atoms with Gasteiger partial charge in [-0.3, -0.25) is 20.2 Å². The number of nitro benzene ring substituents is 1. The number of nitrogens with zero attached hydrogens (tertiary/aromatic N) is 2. The van der Waals surface area contributed by atoms with Crippen molar-refractivity contribution in [3.8, 4) is 22.8 Å². The molecular formula is C25H16N4O5S. The number of hydrogen-bond acceptors (Lipinski definition) is 7. The van der Waals surface area contributed by atoms with E-state index in [0.29, 0.717) is 34.0 Å². The van der Waals surface area contributed by atoms with Gasteiger partial charge in [-0.15, -0.1) is 0 Å². The highest BCUT2D eigenvalue weighted by molar-refractivity contribution is 7.80. The van der Waals surface area contributed by atoms with E-state index in [4.69, 9.17) is 21.1 Å². The van der Waals surface area contributed by atoms with Crippen molar-refractivity contribution in [1.82, 2.24) is 10.3 Å². The smallest absolute Gasteiger partial charge is 0.293 e. The zero-order valence-corrected chi connectivity index (χ0v) is 18.7. The highest BCUT2D eigenvalue weighted by atomic mass is 32.1. The average Bonchev–Trinajstić information content (AvgIpc) is 3.52. The number of nitrogens with one attached hydrogen (secondary N) is 2. The van der Waals surface area contributed by atoms with Crippen LogP contribution < -0.4 is 10.6 Å². The Kier molecular flexibility index (Phi) is 5.78. The quantitative estimate of drug-likeness (QED) is 0.183. The number of carbonyl (C=O) groups is 1. The van der Waals surface area contributed by atoms with Crippen LogP contribution in [0.2, 0.25) is 0 Å². The topological polar surface area (TPSA) is 123 Å². The van der Waals surface area contributed by atoms with Crippen molar-refractivity contribution >= 4 is 45.7 Å². The van der Waals surface area contributed by atoms with Crippen LogP contribution in [0.3, 0.4) is 0 Å². The predicted molar refractivity (Wildman–Crippen MR) is 134 cm³/mol. The molecule has 172 valence electrons. The molecule has 10 heteroatoms. The van der Waals surface area contributed by atoms with Crippen molar-refractivity contribution in [3.63, 3.8) is 0 Å². The number of oxazole rings is 1. The first-order valence-electron chi connectivity index (χ1n) is 10.4. The Morgan fingerprint density at radius 3 is 2.51 bits per heavy atom. The maximum atomic E-state index is 12.6. The largest absolute Gasteiger partial charge is 0.451 e. The molecule has 3 aromatic carbocycles. The lowest BCUT2D eigenvalue weighted by atomic mass is 10.1. The van der Waals surface area contributed by atoms with E-state index in [1.165, 1.54) is 18.2 Å². The lowest BCUT2D eigenvalue weighted by Crippen LogP contribution is -2.33. The van der Waals surface area contributed by atoms with Gasteiger partial charge in [0.05, 0.1) is 4.92 Å². The van der Waals surface area contributed by atoms with Crippen molar-refractivity contribution < 1.29 is 18.6 Å². The number of anilines is 1. The van der Waals surface area contributed by atoms with Crippen LogP contribution in [0.1, 0.15) is 10.6 Å². The summed E-state index contributed by atoms with van der Waals surface area (Å²) >= 11 is 5.26. The summed E-state index contributed by atoms with van der Waals surface area (Å²) in [5.41, 5.74) is 3.14. The molecule has 1 amide bonds. The fourth-order valence-corrected chi connectivity index (χ4v) is 3.63. The minimum Gasteiger partial charge on any atom is -0.451 e. The first kappa shape index (κ1) is 22.0. The van der Waals surface area contributed by atoms with Gasteiger partial charge in [0.15, 0.2) is 16.5 Å². The summed E-state index contributed by atoms with van der Waals surface area (Å²) < 4.78 is 11.4. The molecule has 5 aromatic rings. The number of hydrogen-bond donors (Lipinski definition) is 2. The Morgan fingerprint density at radius 1 is 0.914 bits per heavy atom. The van der Waals surface area contributed by atoms with Crippen molar-refractivity contribution in [2.75, 3.05) is 5.32 Å². The summed E-state index contributed by atoms with van der Waals surface area (Å²) in [5, 5.41) is 16.5. The summed E-state index contributed by atoms with van der Waals surface area (Å²) in [4.78, 5) is 27.6. The maximum Gasteiger partial charge on any atom is 0.293 e. The molecule has 35 heavy (non-hydrogen) atoms. The molecule has 0 radical (unpaired) electrons. The number of non-ortho nitro benzene ring substituents is 1. The number of furan rings is 1. The normalized spacial score (nSPS) is 10.7. The molecule has 0 aliphatic rings. The highest BCUT2D eigenvalue weighted by Crippen LogP contribution is 2.27. The Bertz CT molecular complexity index is 1580. The van der Waals surface area contributed by atoms with E-state index in [9.17, 15) is 14.9 Å². The van der Waals surface area contributed by atoms with Crippen LogP contribution in [-0.4, -0.2) is 20.9 Å². The molecule has 0 saturated heterocycles. The second-order valence-corrected chi connectivity index (χ2v) is 7.86. The number of fused-ring (bicyclic) bond motifs is 1. The van der Waals surface area contributed by atoms with Gasteiger partial charge in [-0.05, 0) is 54.7 Å². The zero-order valence-electron chi connectivity index (χ0n) is 17.9.